The van der Waals surface area contributed by atoms with Gasteiger partial charge in [0.2, 0.25) is 0 Å². The topological polar surface area (TPSA) is 65.0 Å². The van der Waals surface area contributed by atoms with Crippen molar-refractivity contribution in [3.05, 3.63) is 23.9 Å². The molecule has 0 aromatic carbocycles. The molecule has 0 aliphatic carbocycles. The van der Waals surface area contributed by atoms with Crippen LogP contribution in [0.5, 0.6) is 0 Å². The SMILES string of the molecule is CC(C)CNc1cccc(C(=O)[O-])n1. The van der Waals surface area contributed by atoms with E-state index in [0.717, 1.165) is 6.54 Å². The molecule has 0 amide bonds. The fourth-order valence-corrected chi connectivity index (χ4v) is 0.956. The molecule has 76 valence electrons. The number of carboxylic acids is 1. The van der Waals surface area contributed by atoms with Gasteiger partial charge in [-0.25, -0.2) is 4.98 Å². The molecule has 4 heteroatoms. The van der Waals surface area contributed by atoms with Crippen molar-refractivity contribution in [2.24, 2.45) is 5.92 Å². The van der Waals surface area contributed by atoms with Gasteiger partial charge in [0.25, 0.3) is 0 Å². The van der Waals surface area contributed by atoms with Crippen molar-refractivity contribution in [1.82, 2.24) is 4.98 Å². The normalized spacial score (nSPS) is 10.2. The van der Waals surface area contributed by atoms with Gasteiger partial charge in [-0.2, -0.15) is 0 Å². The average Bonchev–Trinajstić information content (AvgIpc) is 2.15. The van der Waals surface area contributed by atoms with Crippen LogP contribution < -0.4 is 10.4 Å². The Morgan fingerprint density at radius 1 is 1.57 bits per heavy atom. The van der Waals surface area contributed by atoms with Gasteiger partial charge in [-0.3, -0.25) is 0 Å². The second-order valence-electron chi connectivity index (χ2n) is 3.47. The Labute approximate surface area is 83.0 Å². The Balaban J connectivity index is 2.69. The van der Waals surface area contributed by atoms with Crippen molar-refractivity contribution in [3.63, 3.8) is 0 Å². The minimum atomic E-state index is -1.25. The van der Waals surface area contributed by atoms with Crippen LogP contribution in [-0.2, 0) is 0 Å². The molecule has 0 unspecified atom stereocenters. The zero-order valence-corrected chi connectivity index (χ0v) is 8.28. The fraction of sp³-hybridized carbons (Fsp3) is 0.400. The van der Waals surface area contributed by atoms with Crippen LogP contribution in [0.4, 0.5) is 5.82 Å². The summed E-state index contributed by atoms with van der Waals surface area (Å²) in [6.45, 7) is 4.90. The summed E-state index contributed by atoms with van der Waals surface area (Å²) in [5.74, 6) is -0.193. The lowest BCUT2D eigenvalue weighted by atomic mass is 10.2. The second kappa shape index (κ2) is 4.60. The van der Waals surface area contributed by atoms with Gasteiger partial charge >= 0.3 is 0 Å². The van der Waals surface area contributed by atoms with Crippen LogP contribution in [0.15, 0.2) is 18.2 Å². The number of anilines is 1. The van der Waals surface area contributed by atoms with Gasteiger partial charge in [-0.1, -0.05) is 19.9 Å². The van der Waals surface area contributed by atoms with E-state index in [2.05, 4.69) is 24.1 Å². The lowest BCUT2D eigenvalue weighted by molar-refractivity contribution is -0.255. The quantitative estimate of drug-likeness (QED) is 0.756. The predicted octanol–water partition coefficient (Wildman–Crippen LogP) is 0.513. The molecule has 1 aromatic rings. The number of nitrogens with one attached hydrogen (secondary N) is 1. The number of rotatable bonds is 4. The van der Waals surface area contributed by atoms with Crippen molar-refractivity contribution >= 4 is 11.8 Å². The average molecular weight is 193 g/mol. The van der Waals surface area contributed by atoms with Crippen LogP contribution in [0.3, 0.4) is 0 Å². The number of hydrogen-bond acceptors (Lipinski definition) is 4. The number of aromatic carboxylic acids is 1. The minimum absolute atomic E-state index is 0.0428. The number of carbonyl (C=O) groups excluding carboxylic acids is 1. The molecule has 0 saturated carbocycles. The summed E-state index contributed by atoms with van der Waals surface area (Å²) >= 11 is 0. The maximum absolute atomic E-state index is 10.5. The molecule has 0 spiro atoms. The van der Waals surface area contributed by atoms with Crippen LogP contribution in [0, 0.1) is 5.92 Å². The summed E-state index contributed by atoms with van der Waals surface area (Å²) in [5.41, 5.74) is -0.0428. The molecule has 0 aliphatic heterocycles. The van der Waals surface area contributed by atoms with Gasteiger partial charge in [0.15, 0.2) is 0 Å². The van der Waals surface area contributed by atoms with Crippen molar-refractivity contribution < 1.29 is 9.90 Å². The molecule has 0 bridgehead atoms. The third-order valence-corrected chi connectivity index (χ3v) is 1.65. The lowest BCUT2D eigenvalue weighted by Gasteiger charge is -2.09. The highest BCUT2D eigenvalue weighted by Gasteiger charge is 1.98. The maximum atomic E-state index is 10.5. The number of carboxylic acid groups (broad SMARTS) is 1. The van der Waals surface area contributed by atoms with Crippen molar-refractivity contribution in [2.75, 3.05) is 11.9 Å². The van der Waals surface area contributed by atoms with Gasteiger partial charge in [-0.05, 0) is 18.1 Å². The number of pyridine rings is 1. The van der Waals surface area contributed by atoms with E-state index in [4.69, 9.17) is 0 Å². The predicted molar refractivity (Wildman–Crippen MR) is 51.9 cm³/mol. The second-order valence-corrected chi connectivity index (χ2v) is 3.47. The van der Waals surface area contributed by atoms with E-state index < -0.39 is 5.97 Å². The van der Waals surface area contributed by atoms with Gasteiger partial charge < -0.3 is 15.2 Å². The van der Waals surface area contributed by atoms with Crippen LogP contribution in [-0.4, -0.2) is 17.5 Å². The summed E-state index contributed by atoms with van der Waals surface area (Å²) in [4.78, 5) is 14.4. The minimum Gasteiger partial charge on any atom is -0.543 e. The smallest absolute Gasteiger partial charge is 0.126 e. The summed E-state index contributed by atoms with van der Waals surface area (Å²) in [5, 5.41) is 13.5. The van der Waals surface area contributed by atoms with E-state index in [-0.39, 0.29) is 5.69 Å². The molecular formula is C10H13N2O2-. The Hall–Kier alpha value is -1.58. The van der Waals surface area contributed by atoms with E-state index in [0.29, 0.717) is 11.7 Å². The van der Waals surface area contributed by atoms with Crippen LogP contribution >= 0.6 is 0 Å². The molecule has 1 aromatic heterocycles. The molecule has 0 aliphatic rings. The zero-order chi connectivity index (χ0) is 10.6. The Bertz CT molecular complexity index is 324. The van der Waals surface area contributed by atoms with E-state index in [9.17, 15) is 9.90 Å². The van der Waals surface area contributed by atoms with E-state index in [1.807, 2.05) is 0 Å². The largest absolute Gasteiger partial charge is 0.543 e. The van der Waals surface area contributed by atoms with Gasteiger partial charge in [0.1, 0.15) is 5.82 Å². The van der Waals surface area contributed by atoms with Crippen LogP contribution in [0.2, 0.25) is 0 Å². The first-order chi connectivity index (χ1) is 6.59. The highest BCUT2D eigenvalue weighted by atomic mass is 16.4. The summed E-state index contributed by atoms with van der Waals surface area (Å²) in [6.07, 6.45) is 0. The zero-order valence-electron chi connectivity index (χ0n) is 8.28. The van der Waals surface area contributed by atoms with E-state index in [1.54, 1.807) is 12.1 Å². The highest BCUT2D eigenvalue weighted by Crippen LogP contribution is 2.05. The third kappa shape index (κ3) is 3.05. The van der Waals surface area contributed by atoms with Crippen LogP contribution in [0.1, 0.15) is 24.3 Å². The Morgan fingerprint density at radius 3 is 2.86 bits per heavy atom. The fourth-order valence-electron chi connectivity index (χ4n) is 0.956. The summed E-state index contributed by atoms with van der Waals surface area (Å²) in [7, 11) is 0. The molecule has 0 saturated heterocycles. The first-order valence-corrected chi connectivity index (χ1v) is 4.52. The third-order valence-electron chi connectivity index (χ3n) is 1.65. The molecule has 14 heavy (non-hydrogen) atoms. The van der Waals surface area contributed by atoms with E-state index in [1.165, 1.54) is 6.07 Å². The van der Waals surface area contributed by atoms with Crippen molar-refractivity contribution in [1.29, 1.82) is 0 Å². The molecule has 0 atom stereocenters. The number of aromatic nitrogens is 1. The van der Waals surface area contributed by atoms with Crippen molar-refractivity contribution in [3.8, 4) is 0 Å². The lowest BCUT2D eigenvalue weighted by Crippen LogP contribution is -2.24. The van der Waals surface area contributed by atoms with E-state index >= 15 is 0 Å². The maximum Gasteiger partial charge on any atom is 0.126 e. The Morgan fingerprint density at radius 2 is 2.29 bits per heavy atom. The number of nitrogens with zero attached hydrogens (tertiary/aromatic N) is 1. The van der Waals surface area contributed by atoms with Gasteiger partial charge in [-0.15, -0.1) is 0 Å². The molecule has 0 fully saturated rings. The number of hydrogen-bond donors (Lipinski definition) is 1. The standard InChI is InChI=1S/C10H14N2O2/c1-7(2)6-11-9-5-3-4-8(12-9)10(13)14/h3-5,7H,6H2,1-2H3,(H,11,12)(H,13,14)/p-1. The monoisotopic (exact) mass is 193 g/mol. The van der Waals surface area contributed by atoms with Crippen molar-refractivity contribution in [2.45, 2.75) is 13.8 Å². The highest BCUT2D eigenvalue weighted by molar-refractivity contribution is 5.83. The first kappa shape index (κ1) is 10.5. The molecular weight excluding hydrogens is 180 g/mol. The molecule has 1 heterocycles. The van der Waals surface area contributed by atoms with Gasteiger partial charge in [0, 0.05) is 6.54 Å². The molecule has 1 N–H and O–H groups in total. The Kier molecular flexibility index (Phi) is 3.45. The summed E-state index contributed by atoms with van der Waals surface area (Å²) in [6, 6.07) is 4.78. The van der Waals surface area contributed by atoms with Crippen LogP contribution in [0.25, 0.3) is 0 Å². The van der Waals surface area contributed by atoms with Gasteiger partial charge in [0.05, 0.1) is 11.7 Å². The summed E-state index contributed by atoms with van der Waals surface area (Å²) < 4.78 is 0. The molecule has 0 radical (unpaired) electrons. The molecule has 4 nitrogen and oxygen atoms in total. The molecule has 1 rings (SSSR count). The first-order valence-electron chi connectivity index (χ1n) is 4.52. The number of carbonyl (C=O) groups is 1.